The third kappa shape index (κ3) is 3.94. The summed E-state index contributed by atoms with van der Waals surface area (Å²) in [7, 11) is 0. The molecule has 1 aliphatic rings. The smallest absolute Gasteiger partial charge is 0.255 e. The van der Waals surface area contributed by atoms with Crippen LogP contribution in [0.2, 0.25) is 0 Å². The number of ether oxygens (including phenoxy) is 1. The van der Waals surface area contributed by atoms with Crippen LogP contribution in [0.15, 0.2) is 48.5 Å². The highest BCUT2D eigenvalue weighted by Crippen LogP contribution is 2.22. The van der Waals surface area contributed by atoms with Crippen LogP contribution in [0.25, 0.3) is 0 Å². The van der Waals surface area contributed by atoms with E-state index in [0.29, 0.717) is 36.6 Å². The average Bonchev–Trinajstić information content (AvgIpc) is 2.61. The van der Waals surface area contributed by atoms with Gasteiger partial charge >= 0.3 is 0 Å². The monoisotopic (exact) mass is 352 g/mol. The number of benzene rings is 2. The quantitative estimate of drug-likeness (QED) is 0.920. The molecule has 136 valence electrons. The van der Waals surface area contributed by atoms with Gasteiger partial charge < -0.3 is 15.0 Å². The Balaban J connectivity index is 1.70. The minimum Gasteiger partial charge on any atom is -0.377 e. The lowest BCUT2D eigenvalue weighted by Crippen LogP contribution is -2.55. The molecule has 0 aliphatic carbocycles. The maximum Gasteiger partial charge on any atom is 0.255 e. The third-order valence-electron chi connectivity index (χ3n) is 4.56. The molecule has 2 aromatic rings. The second-order valence-corrected chi connectivity index (χ2v) is 7.22. The number of amides is 2. The highest BCUT2D eigenvalue weighted by atomic mass is 16.5. The van der Waals surface area contributed by atoms with Crippen LogP contribution in [-0.4, -0.2) is 42.0 Å². The SMILES string of the molecule is Cc1cccc(C(=O)Nc2ccc(C(=O)N3CCOCC3(C)C)cc2)c1. The van der Waals surface area contributed by atoms with Crippen molar-refractivity contribution in [2.45, 2.75) is 26.3 Å². The minimum absolute atomic E-state index is 0.0186. The molecule has 0 saturated carbocycles. The third-order valence-corrected chi connectivity index (χ3v) is 4.56. The van der Waals surface area contributed by atoms with Crippen LogP contribution >= 0.6 is 0 Å². The number of carbonyl (C=O) groups excluding carboxylic acids is 2. The molecular weight excluding hydrogens is 328 g/mol. The molecule has 1 saturated heterocycles. The Morgan fingerprint density at radius 1 is 1.08 bits per heavy atom. The topological polar surface area (TPSA) is 58.6 Å². The van der Waals surface area contributed by atoms with Crippen LogP contribution in [-0.2, 0) is 4.74 Å². The van der Waals surface area contributed by atoms with Crippen molar-refractivity contribution >= 4 is 17.5 Å². The summed E-state index contributed by atoms with van der Waals surface area (Å²) in [5.74, 6) is -0.183. The van der Waals surface area contributed by atoms with Crippen molar-refractivity contribution in [1.82, 2.24) is 4.90 Å². The molecule has 0 unspecified atom stereocenters. The summed E-state index contributed by atoms with van der Waals surface area (Å²) in [4.78, 5) is 27.0. The second kappa shape index (κ2) is 7.30. The van der Waals surface area contributed by atoms with Crippen molar-refractivity contribution in [3.63, 3.8) is 0 Å². The van der Waals surface area contributed by atoms with Crippen molar-refractivity contribution in [2.75, 3.05) is 25.1 Å². The summed E-state index contributed by atoms with van der Waals surface area (Å²) in [6, 6.07) is 14.4. The number of hydrogen-bond donors (Lipinski definition) is 1. The highest BCUT2D eigenvalue weighted by Gasteiger charge is 2.34. The normalized spacial score (nSPS) is 16.2. The molecule has 0 atom stereocenters. The molecule has 5 heteroatoms. The standard InChI is InChI=1S/C21H24N2O3/c1-15-5-4-6-17(13-15)19(24)22-18-9-7-16(8-10-18)20(25)23-11-12-26-14-21(23,2)3/h4-10,13H,11-12,14H2,1-3H3,(H,22,24). The van der Waals surface area contributed by atoms with Crippen LogP contribution in [0.4, 0.5) is 5.69 Å². The molecule has 1 fully saturated rings. The number of nitrogens with one attached hydrogen (secondary N) is 1. The van der Waals surface area contributed by atoms with Crippen LogP contribution in [0.1, 0.15) is 40.1 Å². The molecule has 3 rings (SSSR count). The maximum atomic E-state index is 12.8. The van der Waals surface area contributed by atoms with Gasteiger partial charge in [0, 0.05) is 23.4 Å². The van der Waals surface area contributed by atoms with Gasteiger partial charge in [-0.3, -0.25) is 9.59 Å². The molecule has 1 N–H and O–H groups in total. The van der Waals surface area contributed by atoms with Gasteiger partial charge in [-0.2, -0.15) is 0 Å². The molecule has 1 aliphatic heterocycles. The number of carbonyl (C=O) groups is 2. The average molecular weight is 352 g/mol. The maximum absolute atomic E-state index is 12.8. The fraction of sp³-hybridized carbons (Fsp3) is 0.333. The van der Waals surface area contributed by atoms with E-state index in [4.69, 9.17) is 4.74 Å². The molecule has 1 heterocycles. The lowest BCUT2D eigenvalue weighted by Gasteiger charge is -2.42. The summed E-state index contributed by atoms with van der Waals surface area (Å²) < 4.78 is 5.47. The van der Waals surface area contributed by atoms with Crippen molar-refractivity contribution in [2.24, 2.45) is 0 Å². The molecule has 2 amide bonds. The van der Waals surface area contributed by atoms with E-state index < -0.39 is 0 Å². The van der Waals surface area contributed by atoms with Gasteiger partial charge in [0.15, 0.2) is 0 Å². The molecule has 5 nitrogen and oxygen atoms in total. The largest absolute Gasteiger partial charge is 0.377 e. The summed E-state index contributed by atoms with van der Waals surface area (Å²) >= 11 is 0. The van der Waals surface area contributed by atoms with E-state index in [1.54, 1.807) is 30.3 Å². The van der Waals surface area contributed by atoms with E-state index in [1.165, 1.54) is 0 Å². The Morgan fingerprint density at radius 2 is 1.81 bits per heavy atom. The Hall–Kier alpha value is -2.66. The van der Waals surface area contributed by atoms with Gasteiger partial charge in [-0.05, 0) is 57.2 Å². The fourth-order valence-electron chi connectivity index (χ4n) is 3.08. The Labute approximate surface area is 154 Å². The highest BCUT2D eigenvalue weighted by molar-refractivity contribution is 6.04. The lowest BCUT2D eigenvalue weighted by atomic mass is 10.0. The van der Waals surface area contributed by atoms with Crippen LogP contribution < -0.4 is 5.32 Å². The van der Waals surface area contributed by atoms with Crippen LogP contribution in [0.3, 0.4) is 0 Å². The fourth-order valence-corrected chi connectivity index (χ4v) is 3.08. The van der Waals surface area contributed by atoms with Crippen molar-refractivity contribution < 1.29 is 14.3 Å². The Bertz CT molecular complexity index is 812. The minimum atomic E-state index is -0.326. The van der Waals surface area contributed by atoms with Crippen molar-refractivity contribution in [1.29, 1.82) is 0 Å². The van der Waals surface area contributed by atoms with Gasteiger partial charge in [-0.1, -0.05) is 17.7 Å². The van der Waals surface area contributed by atoms with Gasteiger partial charge in [-0.15, -0.1) is 0 Å². The predicted molar refractivity (Wildman–Crippen MR) is 102 cm³/mol. The summed E-state index contributed by atoms with van der Waals surface area (Å²) in [5.41, 5.74) is 2.59. The van der Waals surface area contributed by atoms with E-state index in [2.05, 4.69) is 5.32 Å². The molecule has 2 aromatic carbocycles. The molecule has 0 radical (unpaired) electrons. The van der Waals surface area contributed by atoms with Crippen molar-refractivity contribution in [3.05, 3.63) is 65.2 Å². The number of nitrogens with zero attached hydrogens (tertiary/aromatic N) is 1. The Kier molecular flexibility index (Phi) is 5.09. The number of hydrogen-bond acceptors (Lipinski definition) is 3. The zero-order valence-electron chi connectivity index (χ0n) is 15.4. The molecule has 0 aromatic heterocycles. The van der Waals surface area contributed by atoms with Gasteiger partial charge in [0.2, 0.25) is 0 Å². The zero-order valence-corrected chi connectivity index (χ0v) is 15.4. The van der Waals surface area contributed by atoms with Gasteiger partial charge in [0.1, 0.15) is 0 Å². The van der Waals surface area contributed by atoms with Crippen molar-refractivity contribution in [3.8, 4) is 0 Å². The van der Waals surface area contributed by atoms with E-state index in [1.807, 2.05) is 43.9 Å². The first-order valence-corrected chi connectivity index (χ1v) is 8.75. The van der Waals surface area contributed by atoms with E-state index >= 15 is 0 Å². The number of anilines is 1. The van der Waals surface area contributed by atoms with Gasteiger partial charge in [0.25, 0.3) is 11.8 Å². The first kappa shape index (κ1) is 18.1. The first-order valence-electron chi connectivity index (χ1n) is 8.75. The van der Waals surface area contributed by atoms with Crippen LogP contribution in [0, 0.1) is 6.92 Å². The Morgan fingerprint density at radius 3 is 2.46 bits per heavy atom. The molecule has 26 heavy (non-hydrogen) atoms. The molecule has 0 spiro atoms. The van der Waals surface area contributed by atoms with E-state index in [0.717, 1.165) is 5.56 Å². The summed E-state index contributed by atoms with van der Waals surface area (Å²) in [6.07, 6.45) is 0. The summed E-state index contributed by atoms with van der Waals surface area (Å²) in [5, 5.41) is 2.86. The second-order valence-electron chi connectivity index (χ2n) is 7.22. The summed E-state index contributed by atoms with van der Waals surface area (Å²) in [6.45, 7) is 7.62. The molecule has 0 bridgehead atoms. The zero-order chi connectivity index (χ0) is 18.7. The lowest BCUT2D eigenvalue weighted by molar-refractivity contribution is -0.0370. The first-order chi connectivity index (χ1) is 12.4. The number of aryl methyl sites for hydroxylation is 1. The van der Waals surface area contributed by atoms with Gasteiger partial charge in [-0.25, -0.2) is 0 Å². The molecular formula is C21H24N2O3. The van der Waals surface area contributed by atoms with E-state index in [9.17, 15) is 9.59 Å². The van der Waals surface area contributed by atoms with Crippen LogP contribution in [0.5, 0.6) is 0 Å². The van der Waals surface area contributed by atoms with E-state index in [-0.39, 0.29) is 17.4 Å². The number of morpholine rings is 1. The van der Waals surface area contributed by atoms with Gasteiger partial charge in [0.05, 0.1) is 18.8 Å². The number of rotatable bonds is 3. The predicted octanol–water partition coefficient (Wildman–Crippen LogP) is 3.50.